The Morgan fingerprint density at radius 1 is 1.05 bits per heavy atom. The Hall–Kier alpha value is -1.71. The summed E-state index contributed by atoms with van der Waals surface area (Å²) in [5.41, 5.74) is 2.07. The SMILES string of the molecule is CCNC(c1ccc(OC)cc1Cl)c1ccccc1OC. The van der Waals surface area contributed by atoms with Crippen LogP contribution in [-0.2, 0) is 0 Å². The van der Waals surface area contributed by atoms with Gasteiger partial charge in [0.15, 0.2) is 0 Å². The Labute approximate surface area is 130 Å². The number of halogens is 1. The van der Waals surface area contributed by atoms with Crippen molar-refractivity contribution >= 4 is 11.6 Å². The van der Waals surface area contributed by atoms with Gasteiger partial charge in [0.2, 0.25) is 0 Å². The van der Waals surface area contributed by atoms with Crippen molar-refractivity contribution in [2.24, 2.45) is 0 Å². The van der Waals surface area contributed by atoms with Crippen LogP contribution in [0.1, 0.15) is 24.1 Å². The van der Waals surface area contributed by atoms with Gasteiger partial charge < -0.3 is 14.8 Å². The Morgan fingerprint density at radius 2 is 1.81 bits per heavy atom. The van der Waals surface area contributed by atoms with Crippen molar-refractivity contribution in [2.45, 2.75) is 13.0 Å². The normalized spacial score (nSPS) is 12.0. The molecule has 0 saturated carbocycles. The first-order chi connectivity index (χ1) is 10.2. The van der Waals surface area contributed by atoms with Crippen LogP contribution in [0.25, 0.3) is 0 Å². The molecule has 0 heterocycles. The van der Waals surface area contributed by atoms with Crippen molar-refractivity contribution in [3.63, 3.8) is 0 Å². The van der Waals surface area contributed by atoms with E-state index < -0.39 is 0 Å². The number of para-hydroxylation sites is 1. The van der Waals surface area contributed by atoms with Crippen LogP contribution in [0.5, 0.6) is 11.5 Å². The number of hydrogen-bond acceptors (Lipinski definition) is 3. The van der Waals surface area contributed by atoms with Crippen molar-refractivity contribution in [3.05, 3.63) is 58.6 Å². The lowest BCUT2D eigenvalue weighted by atomic mass is 9.97. The molecule has 21 heavy (non-hydrogen) atoms. The Balaban J connectivity index is 2.48. The molecule has 0 bridgehead atoms. The van der Waals surface area contributed by atoms with Gasteiger partial charge in [-0.2, -0.15) is 0 Å². The van der Waals surface area contributed by atoms with Crippen LogP contribution in [0, 0.1) is 0 Å². The highest BCUT2D eigenvalue weighted by molar-refractivity contribution is 6.31. The fourth-order valence-corrected chi connectivity index (χ4v) is 2.65. The van der Waals surface area contributed by atoms with Crippen molar-refractivity contribution in [3.8, 4) is 11.5 Å². The highest BCUT2D eigenvalue weighted by atomic mass is 35.5. The summed E-state index contributed by atoms with van der Waals surface area (Å²) in [7, 11) is 3.31. The molecular weight excluding hydrogens is 286 g/mol. The molecule has 2 aromatic rings. The van der Waals surface area contributed by atoms with Crippen LogP contribution < -0.4 is 14.8 Å². The van der Waals surface area contributed by atoms with Crippen molar-refractivity contribution in [2.75, 3.05) is 20.8 Å². The third-order valence-corrected chi connectivity index (χ3v) is 3.70. The summed E-state index contributed by atoms with van der Waals surface area (Å²) < 4.78 is 10.7. The first-order valence-electron chi connectivity index (χ1n) is 6.91. The van der Waals surface area contributed by atoms with E-state index in [1.807, 2.05) is 42.5 Å². The smallest absolute Gasteiger partial charge is 0.123 e. The second-order valence-electron chi connectivity index (χ2n) is 4.62. The van der Waals surface area contributed by atoms with E-state index in [-0.39, 0.29) is 6.04 Å². The van der Waals surface area contributed by atoms with Crippen molar-refractivity contribution in [1.82, 2.24) is 5.32 Å². The summed E-state index contributed by atoms with van der Waals surface area (Å²) >= 11 is 6.42. The van der Waals surface area contributed by atoms with Crippen LogP contribution in [0.3, 0.4) is 0 Å². The minimum atomic E-state index is -0.0236. The molecule has 1 unspecified atom stereocenters. The minimum absolute atomic E-state index is 0.0236. The molecule has 0 aliphatic heterocycles. The monoisotopic (exact) mass is 305 g/mol. The fourth-order valence-electron chi connectivity index (χ4n) is 2.37. The predicted molar refractivity (Wildman–Crippen MR) is 86.5 cm³/mol. The van der Waals surface area contributed by atoms with Crippen LogP contribution >= 0.6 is 11.6 Å². The van der Waals surface area contributed by atoms with E-state index in [1.165, 1.54) is 0 Å². The lowest BCUT2D eigenvalue weighted by Gasteiger charge is -2.22. The second-order valence-corrected chi connectivity index (χ2v) is 5.03. The molecule has 2 rings (SSSR count). The molecule has 3 nitrogen and oxygen atoms in total. The Kier molecular flexibility index (Phi) is 5.48. The summed E-state index contributed by atoms with van der Waals surface area (Å²) in [6, 6.07) is 13.7. The third kappa shape index (κ3) is 3.49. The molecule has 0 saturated heterocycles. The number of methoxy groups -OCH3 is 2. The highest BCUT2D eigenvalue weighted by Crippen LogP contribution is 2.35. The van der Waals surface area contributed by atoms with E-state index in [9.17, 15) is 0 Å². The molecule has 2 aromatic carbocycles. The topological polar surface area (TPSA) is 30.5 Å². The lowest BCUT2D eigenvalue weighted by Crippen LogP contribution is -2.22. The maximum absolute atomic E-state index is 6.42. The summed E-state index contributed by atoms with van der Waals surface area (Å²) in [6.07, 6.45) is 0. The van der Waals surface area contributed by atoms with E-state index in [0.29, 0.717) is 5.02 Å². The largest absolute Gasteiger partial charge is 0.497 e. The zero-order valence-corrected chi connectivity index (χ0v) is 13.3. The zero-order chi connectivity index (χ0) is 15.2. The zero-order valence-electron chi connectivity index (χ0n) is 12.5. The van der Waals surface area contributed by atoms with Gasteiger partial charge in [0.1, 0.15) is 11.5 Å². The molecular formula is C17H20ClNO2. The van der Waals surface area contributed by atoms with Gasteiger partial charge in [-0.1, -0.05) is 42.8 Å². The van der Waals surface area contributed by atoms with Gasteiger partial charge in [-0.15, -0.1) is 0 Å². The number of ether oxygens (including phenoxy) is 2. The molecule has 0 aliphatic carbocycles. The molecule has 0 radical (unpaired) electrons. The average Bonchev–Trinajstić information content (AvgIpc) is 2.53. The maximum Gasteiger partial charge on any atom is 0.123 e. The van der Waals surface area contributed by atoms with E-state index >= 15 is 0 Å². The van der Waals surface area contributed by atoms with Gasteiger partial charge in [-0.05, 0) is 30.3 Å². The number of hydrogen-bond donors (Lipinski definition) is 1. The van der Waals surface area contributed by atoms with Gasteiger partial charge in [-0.25, -0.2) is 0 Å². The van der Waals surface area contributed by atoms with Crippen LogP contribution in [0.2, 0.25) is 5.02 Å². The summed E-state index contributed by atoms with van der Waals surface area (Å²) in [6.45, 7) is 2.89. The molecule has 4 heteroatoms. The lowest BCUT2D eigenvalue weighted by molar-refractivity contribution is 0.404. The van der Waals surface area contributed by atoms with Crippen LogP contribution in [0.4, 0.5) is 0 Å². The molecule has 0 spiro atoms. The predicted octanol–water partition coefficient (Wildman–Crippen LogP) is 4.06. The minimum Gasteiger partial charge on any atom is -0.497 e. The maximum atomic E-state index is 6.42. The van der Waals surface area contributed by atoms with Gasteiger partial charge in [0.25, 0.3) is 0 Å². The molecule has 0 aromatic heterocycles. The van der Waals surface area contributed by atoms with Gasteiger partial charge in [0.05, 0.1) is 20.3 Å². The average molecular weight is 306 g/mol. The highest BCUT2D eigenvalue weighted by Gasteiger charge is 2.19. The van der Waals surface area contributed by atoms with Crippen LogP contribution in [0.15, 0.2) is 42.5 Å². The molecule has 0 aliphatic rings. The van der Waals surface area contributed by atoms with Crippen molar-refractivity contribution < 1.29 is 9.47 Å². The Morgan fingerprint density at radius 3 is 2.43 bits per heavy atom. The van der Waals surface area contributed by atoms with E-state index in [2.05, 4.69) is 12.2 Å². The summed E-state index contributed by atoms with van der Waals surface area (Å²) in [4.78, 5) is 0. The van der Waals surface area contributed by atoms with Crippen LogP contribution in [-0.4, -0.2) is 20.8 Å². The van der Waals surface area contributed by atoms with Gasteiger partial charge >= 0.3 is 0 Å². The third-order valence-electron chi connectivity index (χ3n) is 3.38. The summed E-state index contributed by atoms with van der Waals surface area (Å²) in [5.74, 6) is 1.59. The van der Waals surface area contributed by atoms with E-state index in [0.717, 1.165) is 29.2 Å². The Bertz CT molecular complexity index is 601. The number of benzene rings is 2. The van der Waals surface area contributed by atoms with E-state index in [1.54, 1.807) is 14.2 Å². The summed E-state index contributed by atoms with van der Waals surface area (Å²) in [5, 5.41) is 4.14. The van der Waals surface area contributed by atoms with Crippen molar-refractivity contribution in [1.29, 1.82) is 0 Å². The first kappa shape index (κ1) is 15.7. The van der Waals surface area contributed by atoms with Gasteiger partial charge in [0, 0.05) is 10.6 Å². The molecule has 112 valence electrons. The molecule has 1 atom stereocenters. The molecule has 1 N–H and O–H groups in total. The molecule has 0 amide bonds. The standard InChI is InChI=1S/C17H20ClNO2/c1-4-19-17(14-7-5-6-8-16(14)21-3)13-10-9-12(20-2)11-15(13)18/h5-11,17,19H,4H2,1-3H3. The quantitative estimate of drug-likeness (QED) is 0.873. The number of nitrogens with one attached hydrogen (secondary N) is 1. The molecule has 0 fully saturated rings. The first-order valence-corrected chi connectivity index (χ1v) is 7.28. The van der Waals surface area contributed by atoms with Gasteiger partial charge in [-0.3, -0.25) is 0 Å². The van der Waals surface area contributed by atoms with E-state index in [4.69, 9.17) is 21.1 Å². The second kappa shape index (κ2) is 7.34. The fraction of sp³-hybridized carbons (Fsp3) is 0.294. The number of rotatable bonds is 6.